The zero-order chi connectivity index (χ0) is 15.1. The number of nitrogens with zero attached hydrogens (tertiary/aromatic N) is 1. The van der Waals surface area contributed by atoms with E-state index in [2.05, 4.69) is 6.58 Å². The number of hydrogen-bond acceptors (Lipinski definition) is 5. The highest BCUT2D eigenvalue weighted by Gasteiger charge is 2.19. The molecule has 110 valence electrons. The number of H-pyrrole nitrogens is 2. The van der Waals surface area contributed by atoms with E-state index in [1.165, 1.54) is 0 Å². The van der Waals surface area contributed by atoms with E-state index in [0.717, 1.165) is 18.9 Å². The minimum Gasteiger partial charge on any atom is -0.438 e. The van der Waals surface area contributed by atoms with E-state index in [1.54, 1.807) is 0 Å². The van der Waals surface area contributed by atoms with Crippen molar-refractivity contribution >= 4 is 5.97 Å². The van der Waals surface area contributed by atoms with E-state index in [9.17, 15) is 19.2 Å². The molecule has 1 aromatic rings. The second-order valence-electron chi connectivity index (χ2n) is 4.15. The molecule has 1 rings (SSSR count). The van der Waals surface area contributed by atoms with Crippen molar-refractivity contribution in [2.24, 2.45) is 0 Å². The first-order valence-corrected chi connectivity index (χ1v) is 6.27. The third kappa shape index (κ3) is 4.08. The Balaban J connectivity index is 3.12. The Bertz CT molecular complexity index is 605. The van der Waals surface area contributed by atoms with Gasteiger partial charge in [0.25, 0.3) is 0 Å². The van der Waals surface area contributed by atoms with Crippen LogP contribution in [-0.2, 0) is 9.53 Å². The highest BCUT2D eigenvalue weighted by atomic mass is 16.6. The average Bonchev–Trinajstić information content (AvgIpc) is 2.37. The summed E-state index contributed by atoms with van der Waals surface area (Å²) in [7, 11) is 0. The van der Waals surface area contributed by atoms with Gasteiger partial charge in [0.2, 0.25) is 0 Å². The number of hydrogen-bond donors (Lipinski definition) is 2. The number of unbranched alkanes of at least 4 members (excludes halogenated alkanes) is 2. The molecule has 0 saturated carbocycles. The molecule has 1 atom stereocenters. The van der Waals surface area contributed by atoms with Crippen molar-refractivity contribution < 1.29 is 9.53 Å². The van der Waals surface area contributed by atoms with Crippen LogP contribution in [0.25, 0.3) is 0 Å². The molecule has 0 spiro atoms. The summed E-state index contributed by atoms with van der Waals surface area (Å²) in [5.41, 5.74) is -2.74. The van der Waals surface area contributed by atoms with Gasteiger partial charge in [0, 0.05) is 12.5 Å². The maximum atomic E-state index is 11.7. The smallest absolute Gasteiger partial charge is 0.336 e. The predicted octanol–water partition coefficient (Wildman–Crippen LogP) is 0.0330. The van der Waals surface area contributed by atoms with Crippen LogP contribution < -0.4 is 17.1 Å². The van der Waals surface area contributed by atoms with Gasteiger partial charge in [0.1, 0.15) is 0 Å². The van der Waals surface area contributed by atoms with Crippen LogP contribution >= 0.6 is 0 Å². The van der Waals surface area contributed by atoms with Crippen LogP contribution in [0.3, 0.4) is 0 Å². The Morgan fingerprint density at radius 1 is 1.30 bits per heavy atom. The molecule has 1 heterocycles. The Hall–Kier alpha value is -2.38. The summed E-state index contributed by atoms with van der Waals surface area (Å²) in [4.78, 5) is 49.4. The average molecular weight is 283 g/mol. The van der Waals surface area contributed by atoms with Crippen molar-refractivity contribution in [3.05, 3.63) is 44.1 Å². The lowest BCUT2D eigenvalue weighted by atomic mass is 10.2. The van der Waals surface area contributed by atoms with Gasteiger partial charge in [0.05, 0.1) is 0 Å². The molecule has 0 aliphatic heterocycles. The van der Waals surface area contributed by atoms with E-state index in [4.69, 9.17) is 4.74 Å². The first kappa shape index (κ1) is 15.7. The maximum absolute atomic E-state index is 11.7. The molecule has 2 N–H and O–H groups in total. The summed E-state index contributed by atoms with van der Waals surface area (Å²) in [6.07, 6.45) is 2.62. The second-order valence-corrected chi connectivity index (χ2v) is 4.15. The number of ether oxygens (including phenoxy) is 1. The number of nitrogens with one attached hydrogen (secondary N) is 2. The largest absolute Gasteiger partial charge is 0.438 e. The molecule has 0 aromatic carbocycles. The fraction of sp³-hybridized carbons (Fsp3) is 0.500. The van der Waals surface area contributed by atoms with Crippen molar-refractivity contribution in [3.63, 3.8) is 0 Å². The normalized spacial score (nSPS) is 11.8. The molecule has 0 saturated heterocycles. The Kier molecular flexibility index (Phi) is 5.70. The summed E-state index contributed by atoms with van der Waals surface area (Å²) in [5.74, 6) is -0.746. The van der Waals surface area contributed by atoms with Gasteiger partial charge in [0.15, 0.2) is 6.23 Å². The minimum absolute atomic E-state index is 0.294. The van der Waals surface area contributed by atoms with Crippen molar-refractivity contribution in [3.8, 4) is 0 Å². The summed E-state index contributed by atoms with van der Waals surface area (Å²) in [5, 5.41) is 0. The van der Waals surface area contributed by atoms with E-state index in [0.29, 0.717) is 17.4 Å². The lowest BCUT2D eigenvalue weighted by Gasteiger charge is -2.17. The number of rotatable bonds is 7. The summed E-state index contributed by atoms with van der Waals surface area (Å²) in [6.45, 7) is 5.25. The van der Waals surface area contributed by atoms with Gasteiger partial charge in [-0.3, -0.25) is 9.97 Å². The quantitative estimate of drug-likeness (QED) is 0.416. The van der Waals surface area contributed by atoms with Gasteiger partial charge >= 0.3 is 23.0 Å². The van der Waals surface area contributed by atoms with Gasteiger partial charge < -0.3 is 4.74 Å². The number of carbonyl (C=O) groups is 1. The third-order valence-corrected chi connectivity index (χ3v) is 2.64. The van der Waals surface area contributed by atoms with Crippen molar-refractivity contribution in [1.82, 2.24) is 14.5 Å². The van der Waals surface area contributed by atoms with Crippen LogP contribution in [0.4, 0.5) is 0 Å². The van der Waals surface area contributed by atoms with Gasteiger partial charge in [-0.25, -0.2) is 23.7 Å². The maximum Gasteiger partial charge on any atom is 0.336 e. The number of esters is 1. The van der Waals surface area contributed by atoms with E-state index >= 15 is 0 Å². The molecule has 0 amide bonds. The number of aromatic amines is 2. The molecular weight excluding hydrogens is 266 g/mol. The fourth-order valence-corrected chi connectivity index (χ4v) is 1.69. The van der Waals surface area contributed by atoms with E-state index < -0.39 is 29.3 Å². The molecule has 0 bridgehead atoms. The Labute approximate surface area is 114 Å². The molecule has 8 nitrogen and oxygen atoms in total. The van der Waals surface area contributed by atoms with Gasteiger partial charge in [-0.15, -0.1) is 0 Å². The molecule has 1 unspecified atom stereocenters. The van der Waals surface area contributed by atoms with Gasteiger partial charge in [-0.1, -0.05) is 26.3 Å². The lowest BCUT2D eigenvalue weighted by Crippen LogP contribution is -2.46. The third-order valence-electron chi connectivity index (χ3n) is 2.64. The molecule has 0 aliphatic carbocycles. The van der Waals surface area contributed by atoms with Crippen LogP contribution in [0, 0.1) is 0 Å². The molecule has 0 radical (unpaired) electrons. The molecule has 0 aliphatic rings. The molecule has 8 heteroatoms. The summed E-state index contributed by atoms with van der Waals surface area (Å²) >= 11 is 0. The zero-order valence-corrected chi connectivity index (χ0v) is 11.2. The lowest BCUT2D eigenvalue weighted by molar-refractivity contribution is -0.148. The second kappa shape index (κ2) is 7.27. The summed E-state index contributed by atoms with van der Waals surface area (Å²) in [6, 6.07) is 0. The van der Waals surface area contributed by atoms with Crippen molar-refractivity contribution in [1.29, 1.82) is 0 Å². The Morgan fingerprint density at radius 2 is 1.90 bits per heavy atom. The fourth-order valence-electron chi connectivity index (χ4n) is 1.69. The molecule has 20 heavy (non-hydrogen) atoms. The van der Waals surface area contributed by atoms with Gasteiger partial charge in [-0.2, -0.15) is 0 Å². The minimum atomic E-state index is -1.07. The van der Waals surface area contributed by atoms with Crippen LogP contribution in [0.15, 0.2) is 27.0 Å². The van der Waals surface area contributed by atoms with Crippen LogP contribution in [-0.4, -0.2) is 20.5 Å². The van der Waals surface area contributed by atoms with Crippen LogP contribution in [0.1, 0.15) is 38.8 Å². The number of aromatic nitrogens is 3. The molecule has 1 aromatic heterocycles. The predicted molar refractivity (Wildman–Crippen MR) is 71.4 cm³/mol. The van der Waals surface area contributed by atoms with Crippen LogP contribution in [0.5, 0.6) is 0 Å². The van der Waals surface area contributed by atoms with Crippen molar-refractivity contribution in [2.75, 3.05) is 0 Å². The van der Waals surface area contributed by atoms with E-state index in [-0.39, 0.29) is 0 Å². The monoisotopic (exact) mass is 283 g/mol. The summed E-state index contributed by atoms with van der Waals surface area (Å²) < 4.78 is 5.68. The Morgan fingerprint density at radius 3 is 2.40 bits per heavy atom. The highest BCUT2D eigenvalue weighted by Crippen LogP contribution is 2.14. The van der Waals surface area contributed by atoms with Crippen LogP contribution in [0.2, 0.25) is 0 Å². The zero-order valence-electron chi connectivity index (χ0n) is 11.2. The standard InChI is InChI=1S/C12H17N3O5/c1-3-5-6-7-8(20-9(16)4-2)15-11(18)13-10(17)14-12(15)19/h4,8H,2-3,5-7H2,1H3,(H2,13,14,17,18,19). The first-order valence-electron chi connectivity index (χ1n) is 6.27. The topological polar surface area (TPSA) is 114 Å². The molecular formula is C12H17N3O5. The SMILES string of the molecule is C=CC(=O)OC(CCCCC)n1c(=O)[nH]c(=O)[nH]c1=O. The molecule has 0 fully saturated rings. The van der Waals surface area contributed by atoms with Crippen molar-refractivity contribution in [2.45, 2.75) is 38.8 Å². The van der Waals surface area contributed by atoms with Gasteiger partial charge in [-0.05, 0) is 6.42 Å². The first-order chi connectivity index (χ1) is 9.49. The van der Waals surface area contributed by atoms with E-state index in [1.807, 2.05) is 16.9 Å². The number of carbonyl (C=O) groups excluding carboxylic acids is 1. The highest BCUT2D eigenvalue weighted by molar-refractivity contribution is 5.81.